The first-order valence-corrected chi connectivity index (χ1v) is 10.3. The minimum absolute atomic E-state index is 0.0256. The fraction of sp³-hybridized carbons (Fsp3) is 0.579. The molecule has 25 heavy (non-hydrogen) atoms. The van der Waals surface area contributed by atoms with Crippen LogP contribution in [-0.4, -0.2) is 54.6 Å². The molecule has 138 valence electrons. The van der Waals surface area contributed by atoms with Gasteiger partial charge in [0, 0.05) is 42.8 Å². The van der Waals surface area contributed by atoms with Gasteiger partial charge in [-0.15, -0.1) is 6.73 Å². The second kappa shape index (κ2) is 9.34. The van der Waals surface area contributed by atoms with Gasteiger partial charge in [-0.2, -0.15) is 11.8 Å². The number of piperidine rings is 1. The molecule has 6 heteroatoms. The van der Waals surface area contributed by atoms with Crippen LogP contribution in [0.2, 0.25) is 0 Å². The van der Waals surface area contributed by atoms with Gasteiger partial charge in [0.2, 0.25) is 5.91 Å². The van der Waals surface area contributed by atoms with Crippen LogP contribution < -0.4 is 10.2 Å². The standard InChI is InChI=1S/C19H28N3O2S/c1-2-13-25-18-7-10-21(11-8-18)17-5-3-16(4-6-17)20-9-12-22-15-24-14-19(22)23/h3-6,15,18,20H,2,7-14H2,1H3/q-1. The molecule has 1 aromatic carbocycles. The Morgan fingerprint density at radius 3 is 2.68 bits per heavy atom. The van der Waals surface area contributed by atoms with Crippen molar-refractivity contribution in [2.24, 2.45) is 0 Å². The molecule has 0 unspecified atom stereocenters. The highest BCUT2D eigenvalue weighted by Crippen LogP contribution is 2.27. The van der Waals surface area contributed by atoms with Gasteiger partial charge in [-0.1, -0.05) is 6.92 Å². The zero-order valence-electron chi connectivity index (χ0n) is 14.9. The van der Waals surface area contributed by atoms with E-state index >= 15 is 0 Å². The Morgan fingerprint density at radius 1 is 1.28 bits per heavy atom. The highest BCUT2D eigenvalue weighted by atomic mass is 32.2. The van der Waals surface area contributed by atoms with Gasteiger partial charge < -0.3 is 19.9 Å². The summed E-state index contributed by atoms with van der Waals surface area (Å²) in [6, 6.07) is 8.63. The molecule has 1 amide bonds. The van der Waals surface area contributed by atoms with Crippen molar-refractivity contribution in [2.75, 3.05) is 48.8 Å². The van der Waals surface area contributed by atoms with Gasteiger partial charge in [-0.3, -0.25) is 4.79 Å². The van der Waals surface area contributed by atoms with E-state index in [0.717, 1.165) is 24.0 Å². The number of carbonyl (C=O) groups is 1. The Bertz CT molecular complexity index is 544. The number of hydrogen-bond acceptors (Lipinski definition) is 5. The van der Waals surface area contributed by atoms with Crippen molar-refractivity contribution in [3.63, 3.8) is 0 Å². The van der Waals surface area contributed by atoms with E-state index in [0.29, 0.717) is 13.1 Å². The summed E-state index contributed by atoms with van der Waals surface area (Å²) in [6.07, 6.45) is 3.84. The summed E-state index contributed by atoms with van der Waals surface area (Å²) in [6.45, 7) is 7.58. The largest absolute Gasteiger partial charge is 0.525 e. The van der Waals surface area contributed by atoms with Gasteiger partial charge in [-0.25, -0.2) is 0 Å². The summed E-state index contributed by atoms with van der Waals surface area (Å²) in [7, 11) is 0. The predicted octanol–water partition coefficient (Wildman–Crippen LogP) is 3.19. The first-order chi connectivity index (χ1) is 12.3. The van der Waals surface area contributed by atoms with Crippen LogP contribution in [0.15, 0.2) is 24.3 Å². The molecule has 0 atom stereocenters. The zero-order chi connectivity index (χ0) is 17.5. The Kier molecular flexibility index (Phi) is 6.87. The molecule has 1 N–H and O–H groups in total. The monoisotopic (exact) mass is 362 g/mol. The van der Waals surface area contributed by atoms with Crippen molar-refractivity contribution in [1.29, 1.82) is 0 Å². The first-order valence-electron chi connectivity index (χ1n) is 9.21. The molecule has 2 heterocycles. The van der Waals surface area contributed by atoms with E-state index < -0.39 is 0 Å². The van der Waals surface area contributed by atoms with Crippen molar-refractivity contribution in [3.05, 3.63) is 31.0 Å². The summed E-state index contributed by atoms with van der Waals surface area (Å²) >= 11 is 2.14. The highest BCUT2D eigenvalue weighted by molar-refractivity contribution is 7.99. The maximum atomic E-state index is 11.5. The maximum absolute atomic E-state index is 11.5. The van der Waals surface area contributed by atoms with Crippen LogP contribution in [0.5, 0.6) is 0 Å². The van der Waals surface area contributed by atoms with Gasteiger partial charge in [-0.05, 0) is 49.3 Å². The normalized spacial score (nSPS) is 18.8. The molecule has 0 bridgehead atoms. The van der Waals surface area contributed by atoms with Gasteiger partial charge in [0.1, 0.15) is 0 Å². The third kappa shape index (κ3) is 5.28. The fourth-order valence-corrected chi connectivity index (χ4v) is 4.31. The highest BCUT2D eigenvalue weighted by Gasteiger charge is 2.19. The second-order valence-electron chi connectivity index (χ2n) is 6.53. The van der Waals surface area contributed by atoms with Crippen molar-refractivity contribution in [2.45, 2.75) is 31.4 Å². The summed E-state index contributed by atoms with van der Waals surface area (Å²) in [5.41, 5.74) is 2.39. The number of anilines is 2. The van der Waals surface area contributed by atoms with Gasteiger partial charge in [0.15, 0.2) is 0 Å². The molecule has 2 saturated heterocycles. The van der Waals surface area contributed by atoms with Crippen LogP contribution in [0.4, 0.5) is 11.4 Å². The fourth-order valence-electron chi connectivity index (χ4n) is 3.19. The number of amides is 1. The molecule has 1 aromatic rings. The molecule has 3 rings (SSSR count). The van der Waals surface area contributed by atoms with Crippen LogP contribution in [0, 0.1) is 6.73 Å². The summed E-state index contributed by atoms with van der Waals surface area (Å²) in [5, 5.41) is 4.20. The molecule has 0 radical (unpaired) electrons. The molecular formula is C19H28N3O2S-. The number of thioether (sulfide) groups is 1. The lowest BCUT2D eigenvalue weighted by Gasteiger charge is -2.33. The van der Waals surface area contributed by atoms with E-state index in [1.807, 2.05) is 0 Å². The van der Waals surface area contributed by atoms with Crippen LogP contribution in [0.1, 0.15) is 26.2 Å². The molecule has 5 nitrogen and oxygen atoms in total. The van der Waals surface area contributed by atoms with Crippen LogP contribution in [0.25, 0.3) is 0 Å². The third-order valence-corrected chi connectivity index (χ3v) is 6.23. The van der Waals surface area contributed by atoms with E-state index in [9.17, 15) is 4.79 Å². The van der Waals surface area contributed by atoms with Gasteiger partial charge >= 0.3 is 0 Å². The minimum atomic E-state index is 0.0256. The molecule has 0 saturated carbocycles. The maximum Gasteiger partial charge on any atom is 0.218 e. The number of rotatable bonds is 8. The summed E-state index contributed by atoms with van der Waals surface area (Å²) < 4.78 is 5.00. The first kappa shape index (κ1) is 18.4. The Labute approximate surface area is 155 Å². The molecule has 0 aliphatic carbocycles. The quantitative estimate of drug-likeness (QED) is 0.720. The predicted molar refractivity (Wildman–Crippen MR) is 105 cm³/mol. The zero-order valence-corrected chi connectivity index (χ0v) is 15.8. The Balaban J connectivity index is 1.40. The second-order valence-corrected chi connectivity index (χ2v) is 7.94. The minimum Gasteiger partial charge on any atom is -0.525 e. The number of nitrogens with one attached hydrogen (secondary N) is 1. The lowest BCUT2D eigenvalue weighted by Crippen LogP contribution is -2.34. The summed E-state index contributed by atoms with van der Waals surface area (Å²) in [5.74, 6) is 1.32. The number of nitrogens with zero attached hydrogens (tertiary/aromatic N) is 2. The molecule has 2 fully saturated rings. The average molecular weight is 363 g/mol. The van der Waals surface area contributed by atoms with E-state index in [4.69, 9.17) is 4.74 Å². The third-order valence-electron chi connectivity index (χ3n) is 4.64. The SMILES string of the molecule is CCCSC1CCN(c2ccc(NCCN3[CH-]OCC3=O)cc2)CC1. The topological polar surface area (TPSA) is 44.8 Å². The van der Waals surface area contributed by atoms with Gasteiger partial charge in [0.25, 0.3) is 0 Å². The molecule has 2 aliphatic rings. The Hall–Kier alpha value is -1.40. The van der Waals surface area contributed by atoms with E-state index in [1.165, 1.54) is 37.4 Å². The summed E-state index contributed by atoms with van der Waals surface area (Å²) in [4.78, 5) is 15.6. The van der Waals surface area contributed by atoms with E-state index in [2.05, 4.69) is 53.2 Å². The average Bonchev–Trinajstić information content (AvgIpc) is 3.06. The number of ether oxygens (including phenoxy) is 1. The van der Waals surface area contributed by atoms with Crippen molar-refractivity contribution >= 4 is 29.0 Å². The van der Waals surface area contributed by atoms with Crippen LogP contribution in [-0.2, 0) is 9.53 Å². The Morgan fingerprint density at radius 2 is 2.04 bits per heavy atom. The van der Waals surface area contributed by atoms with Crippen LogP contribution in [0.3, 0.4) is 0 Å². The molecule has 0 aromatic heterocycles. The van der Waals surface area contributed by atoms with E-state index in [-0.39, 0.29) is 12.5 Å². The van der Waals surface area contributed by atoms with Crippen molar-refractivity contribution < 1.29 is 9.53 Å². The number of benzene rings is 1. The molecule has 0 spiro atoms. The van der Waals surface area contributed by atoms with Crippen molar-refractivity contribution in [1.82, 2.24) is 4.90 Å². The lowest BCUT2D eigenvalue weighted by atomic mass is 10.1. The molecule has 2 aliphatic heterocycles. The van der Waals surface area contributed by atoms with Crippen molar-refractivity contribution in [3.8, 4) is 0 Å². The smallest absolute Gasteiger partial charge is 0.218 e. The number of carbonyl (C=O) groups excluding carboxylic acids is 1. The number of hydrogen-bond donors (Lipinski definition) is 1. The van der Waals surface area contributed by atoms with Gasteiger partial charge in [0.05, 0.1) is 6.61 Å². The lowest BCUT2D eigenvalue weighted by molar-refractivity contribution is -0.126. The van der Waals surface area contributed by atoms with Crippen LogP contribution >= 0.6 is 11.8 Å². The van der Waals surface area contributed by atoms with E-state index in [1.54, 1.807) is 4.90 Å². The molecular weight excluding hydrogens is 334 g/mol.